The van der Waals surface area contributed by atoms with Crippen molar-refractivity contribution in [3.8, 4) is 17.2 Å². The average Bonchev–Trinajstić information content (AvgIpc) is 3.04. The molecule has 9 heteroatoms. The van der Waals surface area contributed by atoms with Gasteiger partial charge in [-0.05, 0) is 29.3 Å². The molecule has 0 aliphatic carbocycles. The summed E-state index contributed by atoms with van der Waals surface area (Å²) in [6, 6.07) is 11.7. The van der Waals surface area contributed by atoms with Crippen LogP contribution < -0.4 is 14.2 Å². The van der Waals surface area contributed by atoms with Gasteiger partial charge in [-0.3, -0.25) is 14.5 Å². The first-order valence-electron chi connectivity index (χ1n) is 9.23. The number of carboxylic acid groups (broad SMARTS) is 1. The van der Waals surface area contributed by atoms with Gasteiger partial charge in [-0.2, -0.15) is 0 Å². The SMILES string of the molecule is COc1cc(C=C2SC(=S)N(C(CC(=O)O)c3ccccc3)C2=O)cc(OC)c1OC. The van der Waals surface area contributed by atoms with Crippen molar-refractivity contribution >= 4 is 46.3 Å². The Morgan fingerprint density at radius 2 is 1.74 bits per heavy atom. The molecule has 1 unspecified atom stereocenters. The molecule has 1 atom stereocenters. The van der Waals surface area contributed by atoms with Gasteiger partial charge in [0.2, 0.25) is 5.75 Å². The Morgan fingerprint density at radius 1 is 1.13 bits per heavy atom. The predicted octanol–water partition coefficient (Wildman–Crippen LogP) is 4.13. The van der Waals surface area contributed by atoms with Crippen LogP contribution in [0.5, 0.6) is 17.2 Å². The van der Waals surface area contributed by atoms with Gasteiger partial charge in [0.15, 0.2) is 11.5 Å². The minimum absolute atomic E-state index is 0.256. The number of methoxy groups -OCH3 is 3. The lowest BCUT2D eigenvalue weighted by atomic mass is 10.0. The lowest BCUT2D eigenvalue weighted by Crippen LogP contribution is -2.34. The second-order valence-corrected chi connectivity index (χ2v) is 8.21. The van der Waals surface area contributed by atoms with Crippen LogP contribution in [0.3, 0.4) is 0 Å². The van der Waals surface area contributed by atoms with Crippen molar-refractivity contribution in [3.05, 3.63) is 58.5 Å². The van der Waals surface area contributed by atoms with Crippen LogP contribution in [0, 0.1) is 0 Å². The molecule has 2 aromatic rings. The van der Waals surface area contributed by atoms with Crippen LogP contribution in [0.4, 0.5) is 0 Å². The van der Waals surface area contributed by atoms with Gasteiger partial charge >= 0.3 is 5.97 Å². The number of carboxylic acids is 1. The molecule has 0 aromatic heterocycles. The summed E-state index contributed by atoms with van der Waals surface area (Å²) in [4.78, 5) is 26.5. The molecule has 1 heterocycles. The number of rotatable bonds is 8. The number of amides is 1. The number of thioether (sulfide) groups is 1. The highest BCUT2D eigenvalue weighted by Gasteiger charge is 2.38. The van der Waals surface area contributed by atoms with Crippen LogP contribution in [0.25, 0.3) is 6.08 Å². The molecular formula is C22H21NO6S2. The van der Waals surface area contributed by atoms with E-state index in [1.807, 2.05) is 6.07 Å². The molecule has 0 spiro atoms. The Balaban J connectivity index is 1.99. The molecule has 7 nitrogen and oxygen atoms in total. The van der Waals surface area contributed by atoms with Crippen LogP contribution in [-0.4, -0.2) is 47.5 Å². The fourth-order valence-corrected chi connectivity index (χ4v) is 4.64. The Labute approximate surface area is 189 Å². The van der Waals surface area contributed by atoms with E-state index in [1.165, 1.54) is 26.2 Å². The summed E-state index contributed by atoms with van der Waals surface area (Å²) < 4.78 is 16.4. The van der Waals surface area contributed by atoms with E-state index in [0.717, 1.165) is 11.8 Å². The topological polar surface area (TPSA) is 85.3 Å². The molecule has 2 aromatic carbocycles. The number of carbonyl (C=O) groups excluding carboxylic acids is 1. The van der Waals surface area contributed by atoms with Gasteiger partial charge < -0.3 is 19.3 Å². The number of carbonyl (C=O) groups is 2. The molecule has 0 bridgehead atoms. The van der Waals surface area contributed by atoms with E-state index in [1.54, 1.807) is 42.5 Å². The number of hydrogen-bond acceptors (Lipinski definition) is 7. The van der Waals surface area contributed by atoms with Gasteiger partial charge in [0.25, 0.3) is 5.91 Å². The van der Waals surface area contributed by atoms with Crippen LogP contribution in [0.1, 0.15) is 23.6 Å². The van der Waals surface area contributed by atoms with E-state index >= 15 is 0 Å². The van der Waals surface area contributed by atoms with Crippen LogP contribution in [0.2, 0.25) is 0 Å². The zero-order valence-corrected chi connectivity index (χ0v) is 18.8. The summed E-state index contributed by atoms with van der Waals surface area (Å²) in [6.07, 6.45) is 1.42. The lowest BCUT2D eigenvalue weighted by Gasteiger charge is -2.26. The monoisotopic (exact) mass is 459 g/mol. The van der Waals surface area contributed by atoms with Gasteiger partial charge in [-0.15, -0.1) is 0 Å². The van der Waals surface area contributed by atoms with Crippen molar-refractivity contribution in [2.75, 3.05) is 21.3 Å². The number of aliphatic carboxylic acids is 1. The normalized spacial score (nSPS) is 15.8. The van der Waals surface area contributed by atoms with E-state index < -0.39 is 12.0 Å². The lowest BCUT2D eigenvalue weighted by molar-refractivity contribution is -0.138. The Morgan fingerprint density at radius 3 is 2.26 bits per heavy atom. The quantitative estimate of drug-likeness (QED) is 0.466. The van der Waals surface area contributed by atoms with E-state index in [-0.39, 0.29) is 12.3 Å². The molecule has 1 N–H and O–H groups in total. The molecule has 3 rings (SSSR count). The van der Waals surface area contributed by atoms with Crippen molar-refractivity contribution in [2.24, 2.45) is 0 Å². The van der Waals surface area contributed by atoms with Crippen molar-refractivity contribution in [1.29, 1.82) is 0 Å². The zero-order valence-electron chi connectivity index (χ0n) is 17.2. The second-order valence-electron chi connectivity index (χ2n) is 6.53. The van der Waals surface area contributed by atoms with Crippen LogP contribution in [0.15, 0.2) is 47.4 Å². The maximum Gasteiger partial charge on any atom is 0.305 e. The summed E-state index contributed by atoms with van der Waals surface area (Å²) in [5.74, 6) is -0.0103. The fraction of sp³-hybridized carbons (Fsp3) is 0.227. The highest BCUT2D eigenvalue weighted by molar-refractivity contribution is 8.26. The predicted molar refractivity (Wildman–Crippen MR) is 123 cm³/mol. The van der Waals surface area contributed by atoms with E-state index in [2.05, 4.69) is 0 Å². The molecule has 1 fully saturated rings. The number of ether oxygens (including phenoxy) is 3. The molecular weight excluding hydrogens is 438 g/mol. The average molecular weight is 460 g/mol. The van der Waals surface area contributed by atoms with Gasteiger partial charge in [0.1, 0.15) is 4.32 Å². The van der Waals surface area contributed by atoms with Crippen molar-refractivity contribution < 1.29 is 28.9 Å². The molecule has 162 valence electrons. The zero-order chi connectivity index (χ0) is 22.5. The summed E-state index contributed by atoms with van der Waals surface area (Å²) in [6.45, 7) is 0. The first kappa shape index (κ1) is 22.6. The Hall–Kier alpha value is -3.04. The Bertz CT molecular complexity index is 1010. The summed E-state index contributed by atoms with van der Waals surface area (Å²) in [5.41, 5.74) is 1.36. The van der Waals surface area contributed by atoms with Gasteiger partial charge in [-0.25, -0.2) is 0 Å². The Kier molecular flexibility index (Phi) is 7.19. The van der Waals surface area contributed by atoms with E-state index in [4.69, 9.17) is 26.4 Å². The van der Waals surface area contributed by atoms with E-state index in [9.17, 15) is 14.7 Å². The second kappa shape index (κ2) is 9.84. The molecule has 0 radical (unpaired) electrons. The van der Waals surface area contributed by atoms with Gasteiger partial charge in [-0.1, -0.05) is 54.3 Å². The highest BCUT2D eigenvalue weighted by Crippen LogP contribution is 2.42. The summed E-state index contributed by atoms with van der Waals surface area (Å²) in [5, 5.41) is 9.40. The molecule has 1 aliphatic heterocycles. The smallest absolute Gasteiger partial charge is 0.305 e. The largest absolute Gasteiger partial charge is 0.493 e. The van der Waals surface area contributed by atoms with Crippen LogP contribution >= 0.6 is 24.0 Å². The summed E-state index contributed by atoms with van der Waals surface area (Å²) >= 11 is 6.57. The minimum Gasteiger partial charge on any atom is -0.493 e. The standard InChI is InChI=1S/C22H21NO6S2/c1-27-16-9-13(10-17(28-2)20(16)29-3)11-18-21(26)23(22(30)31-18)15(12-19(24)25)14-7-5-4-6-8-14/h4-11,15H,12H2,1-3H3,(H,24,25). The maximum absolute atomic E-state index is 13.2. The number of thiocarbonyl (C=S) groups is 1. The van der Waals surface area contributed by atoms with Gasteiger partial charge in [0.05, 0.1) is 38.7 Å². The first-order chi connectivity index (χ1) is 14.9. The first-order valence-corrected chi connectivity index (χ1v) is 10.5. The molecule has 1 amide bonds. The minimum atomic E-state index is -1.02. The van der Waals surface area contributed by atoms with Gasteiger partial charge in [0, 0.05) is 0 Å². The number of nitrogens with zero attached hydrogens (tertiary/aromatic N) is 1. The van der Waals surface area contributed by atoms with Crippen LogP contribution in [-0.2, 0) is 9.59 Å². The molecule has 1 saturated heterocycles. The summed E-state index contributed by atoms with van der Waals surface area (Å²) in [7, 11) is 4.53. The molecule has 0 saturated carbocycles. The number of hydrogen-bond donors (Lipinski definition) is 1. The third kappa shape index (κ3) is 4.83. The third-order valence-electron chi connectivity index (χ3n) is 4.67. The highest BCUT2D eigenvalue weighted by atomic mass is 32.2. The van der Waals surface area contributed by atoms with E-state index in [0.29, 0.717) is 37.6 Å². The van der Waals surface area contributed by atoms with Crippen molar-refractivity contribution in [2.45, 2.75) is 12.5 Å². The van der Waals surface area contributed by atoms with Crippen molar-refractivity contribution in [1.82, 2.24) is 4.90 Å². The maximum atomic E-state index is 13.2. The molecule has 31 heavy (non-hydrogen) atoms. The van der Waals surface area contributed by atoms with Crippen molar-refractivity contribution in [3.63, 3.8) is 0 Å². The fourth-order valence-electron chi connectivity index (χ4n) is 3.28. The molecule has 1 aliphatic rings. The third-order valence-corrected chi connectivity index (χ3v) is 6.00. The number of benzene rings is 2.